The first kappa shape index (κ1) is 13.6. The Bertz CT molecular complexity index is 248. The maximum atomic E-state index is 11.7. The van der Waals surface area contributed by atoms with Gasteiger partial charge in [0.2, 0.25) is 0 Å². The highest BCUT2D eigenvalue weighted by Gasteiger charge is 2.22. The SMILES string of the molecule is CCOC(=O)C(C)CS(=O)CC1CCCO1. The Morgan fingerprint density at radius 3 is 2.94 bits per heavy atom. The predicted octanol–water partition coefficient (Wildman–Crippen LogP) is 1.11. The zero-order valence-electron chi connectivity index (χ0n) is 9.94. The molecule has 0 radical (unpaired) electrons. The maximum Gasteiger partial charge on any atom is 0.309 e. The first-order chi connectivity index (χ1) is 7.63. The fourth-order valence-corrected chi connectivity index (χ4v) is 3.19. The van der Waals surface area contributed by atoms with E-state index in [-0.39, 0.29) is 18.0 Å². The van der Waals surface area contributed by atoms with E-state index in [1.54, 1.807) is 13.8 Å². The third-order valence-electron chi connectivity index (χ3n) is 2.52. The van der Waals surface area contributed by atoms with E-state index in [2.05, 4.69) is 0 Å². The van der Waals surface area contributed by atoms with Crippen LogP contribution in [0.2, 0.25) is 0 Å². The average molecular weight is 248 g/mol. The molecule has 1 saturated heterocycles. The Hall–Kier alpha value is -0.420. The number of rotatable bonds is 6. The third-order valence-corrected chi connectivity index (χ3v) is 4.14. The summed E-state index contributed by atoms with van der Waals surface area (Å²) in [6.07, 6.45) is 2.16. The summed E-state index contributed by atoms with van der Waals surface area (Å²) >= 11 is 0. The van der Waals surface area contributed by atoms with Crippen LogP contribution in [0, 0.1) is 5.92 Å². The molecule has 3 atom stereocenters. The van der Waals surface area contributed by atoms with Gasteiger partial charge in [-0.1, -0.05) is 6.92 Å². The first-order valence-electron chi connectivity index (χ1n) is 5.76. The summed E-state index contributed by atoms with van der Waals surface area (Å²) in [5.74, 6) is 0.369. The van der Waals surface area contributed by atoms with Crippen LogP contribution in [0.4, 0.5) is 0 Å². The fraction of sp³-hybridized carbons (Fsp3) is 0.909. The van der Waals surface area contributed by atoms with E-state index in [1.165, 1.54) is 0 Å². The highest BCUT2D eigenvalue weighted by atomic mass is 32.2. The molecule has 1 heterocycles. The minimum absolute atomic E-state index is 0.121. The summed E-state index contributed by atoms with van der Waals surface area (Å²) in [5, 5.41) is 0. The van der Waals surface area contributed by atoms with Crippen molar-refractivity contribution in [2.45, 2.75) is 32.8 Å². The lowest BCUT2D eigenvalue weighted by Crippen LogP contribution is -2.25. The molecule has 0 aliphatic carbocycles. The van der Waals surface area contributed by atoms with Crippen molar-refractivity contribution in [1.29, 1.82) is 0 Å². The quantitative estimate of drug-likeness (QED) is 0.661. The van der Waals surface area contributed by atoms with Gasteiger partial charge >= 0.3 is 5.97 Å². The van der Waals surface area contributed by atoms with E-state index < -0.39 is 10.8 Å². The van der Waals surface area contributed by atoms with Crippen molar-refractivity contribution >= 4 is 16.8 Å². The van der Waals surface area contributed by atoms with Gasteiger partial charge in [-0.05, 0) is 19.8 Å². The molecule has 0 spiro atoms. The lowest BCUT2D eigenvalue weighted by Gasteiger charge is -2.12. The van der Waals surface area contributed by atoms with Gasteiger partial charge in [0.1, 0.15) is 0 Å². The second kappa shape index (κ2) is 7.01. The molecule has 0 saturated carbocycles. The van der Waals surface area contributed by atoms with Crippen molar-refractivity contribution in [3.63, 3.8) is 0 Å². The molecule has 0 amide bonds. The predicted molar refractivity (Wildman–Crippen MR) is 62.6 cm³/mol. The van der Waals surface area contributed by atoms with Crippen LogP contribution in [0.5, 0.6) is 0 Å². The summed E-state index contributed by atoms with van der Waals surface area (Å²) in [6, 6.07) is 0. The highest BCUT2D eigenvalue weighted by Crippen LogP contribution is 2.14. The van der Waals surface area contributed by atoms with Crippen LogP contribution < -0.4 is 0 Å². The summed E-state index contributed by atoms with van der Waals surface area (Å²) in [6.45, 7) is 4.68. The van der Waals surface area contributed by atoms with Crippen molar-refractivity contribution < 1.29 is 18.5 Å². The van der Waals surface area contributed by atoms with Crippen LogP contribution in [0.1, 0.15) is 26.7 Å². The molecule has 0 aromatic heterocycles. The molecule has 5 heteroatoms. The molecule has 3 unspecified atom stereocenters. The smallest absolute Gasteiger partial charge is 0.309 e. The molecule has 1 fully saturated rings. The fourth-order valence-electron chi connectivity index (χ4n) is 1.68. The molecule has 0 aromatic carbocycles. The van der Waals surface area contributed by atoms with Gasteiger partial charge in [0.15, 0.2) is 0 Å². The molecule has 1 aliphatic rings. The molecule has 0 bridgehead atoms. The zero-order chi connectivity index (χ0) is 12.0. The van der Waals surface area contributed by atoms with E-state index in [9.17, 15) is 9.00 Å². The van der Waals surface area contributed by atoms with Gasteiger partial charge in [-0.3, -0.25) is 9.00 Å². The van der Waals surface area contributed by atoms with Gasteiger partial charge in [0, 0.05) is 28.9 Å². The van der Waals surface area contributed by atoms with Crippen LogP contribution in [-0.4, -0.2) is 41.0 Å². The van der Waals surface area contributed by atoms with E-state index in [0.29, 0.717) is 18.1 Å². The topological polar surface area (TPSA) is 52.6 Å². The molecular weight excluding hydrogens is 228 g/mol. The van der Waals surface area contributed by atoms with Crippen LogP contribution in [0.15, 0.2) is 0 Å². The Kier molecular flexibility index (Phi) is 5.98. The van der Waals surface area contributed by atoms with Crippen LogP contribution >= 0.6 is 0 Å². The molecular formula is C11H20O4S. The summed E-state index contributed by atoms with van der Waals surface area (Å²) in [4.78, 5) is 11.3. The lowest BCUT2D eigenvalue weighted by atomic mass is 10.2. The van der Waals surface area contributed by atoms with Crippen LogP contribution in [0.25, 0.3) is 0 Å². The Morgan fingerprint density at radius 2 is 2.38 bits per heavy atom. The maximum absolute atomic E-state index is 11.7. The molecule has 1 aliphatic heterocycles. The monoisotopic (exact) mass is 248 g/mol. The minimum atomic E-state index is -0.990. The summed E-state index contributed by atoms with van der Waals surface area (Å²) < 4.78 is 22.0. The normalized spacial score (nSPS) is 24.0. The van der Waals surface area contributed by atoms with Crippen molar-refractivity contribution in [3.05, 3.63) is 0 Å². The largest absolute Gasteiger partial charge is 0.466 e. The average Bonchev–Trinajstić information content (AvgIpc) is 2.70. The number of esters is 1. The summed E-state index contributed by atoms with van der Waals surface area (Å²) in [7, 11) is -0.990. The van der Waals surface area contributed by atoms with Gasteiger partial charge < -0.3 is 9.47 Å². The Balaban J connectivity index is 2.24. The van der Waals surface area contributed by atoms with Crippen LogP contribution in [-0.2, 0) is 25.1 Å². The van der Waals surface area contributed by atoms with E-state index in [4.69, 9.17) is 9.47 Å². The van der Waals surface area contributed by atoms with Gasteiger partial charge in [-0.15, -0.1) is 0 Å². The molecule has 4 nitrogen and oxygen atoms in total. The first-order valence-corrected chi connectivity index (χ1v) is 7.25. The minimum Gasteiger partial charge on any atom is -0.466 e. The Morgan fingerprint density at radius 1 is 1.62 bits per heavy atom. The van der Waals surface area contributed by atoms with Gasteiger partial charge in [-0.2, -0.15) is 0 Å². The highest BCUT2D eigenvalue weighted by molar-refractivity contribution is 7.85. The summed E-state index contributed by atoms with van der Waals surface area (Å²) in [5.41, 5.74) is 0. The van der Waals surface area contributed by atoms with Gasteiger partial charge in [0.25, 0.3) is 0 Å². The molecule has 1 rings (SSSR count). The number of carbonyl (C=O) groups is 1. The van der Waals surface area contributed by atoms with Gasteiger partial charge in [-0.25, -0.2) is 0 Å². The third kappa shape index (κ3) is 4.61. The van der Waals surface area contributed by atoms with Crippen molar-refractivity contribution in [3.8, 4) is 0 Å². The second-order valence-electron chi connectivity index (χ2n) is 4.06. The Labute approximate surface area is 99.1 Å². The zero-order valence-corrected chi connectivity index (χ0v) is 10.8. The van der Waals surface area contributed by atoms with Crippen molar-refractivity contribution in [2.75, 3.05) is 24.7 Å². The van der Waals surface area contributed by atoms with E-state index in [0.717, 1.165) is 19.4 Å². The molecule has 94 valence electrons. The number of carbonyl (C=O) groups excluding carboxylic acids is 1. The molecule has 16 heavy (non-hydrogen) atoms. The van der Waals surface area contributed by atoms with Crippen LogP contribution in [0.3, 0.4) is 0 Å². The lowest BCUT2D eigenvalue weighted by molar-refractivity contribution is -0.146. The number of hydrogen-bond donors (Lipinski definition) is 0. The van der Waals surface area contributed by atoms with E-state index >= 15 is 0 Å². The van der Waals surface area contributed by atoms with Gasteiger partial charge in [0.05, 0.1) is 18.6 Å². The van der Waals surface area contributed by atoms with Crippen molar-refractivity contribution in [2.24, 2.45) is 5.92 Å². The molecule has 0 N–H and O–H groups in total. The molecule has 0 aromatic rings. The number of hydrogen-bond acceptors (Lipinski definition) is 4. The number of ether oxygens (including phenoxy) is 2. The van der Waals surface area contributed by atoms with E-state index in [1.807, 2.05) is 0 Å². The second-order valence-corrected chi connectivity index (χ2v) is 5.61. The van der Waals surface area contributed by atoms with Crippen molar-refractivity contribution in [1.82, 2.24) is 0 Å². The standard InChI is InChI=1S/C11H20O4S/c1-3-14-11(12)9(2)7-16(13)8-10-5-4-6-15-10/h9-10H,3-8H2,1-2H3.